The highest BCUT2D eigenvalue weighted by Crippen LogP contribution is 2.17. The molecule has 0 atom stereocenters. The fourth-order valence-corrected chi connectivity index (χ4v) is 1.98. The maximum Gasteiger partial charge on any atom is 0.229 e. The van der Waals surface area contributed by atoms with Crippen molar-refractivity contribution in [3.8, 4) is 11.8 Å². The van der Waals surface area contributed by atoms with E-state index in [2.05, 4.69) is 15.3 Å². The van der Waals surface area contributed by atoms with Crippen LogP contribution < -0.4 is 14.8 Å². The Morgan fingerprint density at radius 2 is 1.89 bits per heavy atom. The van der Waals surface area contributed by atoms with E-state index in [-0.39, 0.29) is 6.61 Å². The van der Waals surface area contributed by atoms with E-state index in [1.54, 1.807) is 32.0 Å². The molecule has 0 aliphatic heterocycles. The van der Waals surface area contributed by atoms with Gasteiger partial charge >= 0.3 is 0 Å². The van der Waals surface area contributed by atoms with Gasteiger partial charge in [0.2, 0.25) is 17.7 Å². The van der Waals surface area contributed by atoms with Crippen molar-refractivity contribution in [3.05, 3.63) is 6.07 Å². The van der Waals surface area contributed by atoms with Crippen molar-refractivity contribution in [2.75, 3.05) is 44.2 Å². The van der Waals surface area contributed by atoms with Crippen LogP contribution in [0.3, 0.4) is 0 Å². The number of thioether (sulfide) groups is 1. The average molecular weight is 273 g/mol. The number of hydrogen-bond donors (Lipinski definition) is 2. The van der Waals surface area contributed by atoms with E-state index in [1.807, 2.05) is 0 Å². The molecule has 1 aromatic rings. The summed E-state index contributed by atoms with van der Waals surface area (Å²) in [6, 6.07) is 1.63. The topological polar surface area (TPSA) is 76.5 Å². The number of anilines is 1. The van der Waals surface area contributed by atoms with Gasteiger partial charge in [-0.15, -0.1) is 0 Å². The standard InChI is InChI=1S/C11H19N3O3S/c1-16-9-8-10(17-2)14-11(13-9)12-4-7-18-6-3-5-15/h8,15H,3-7H2,1-2H3,(H,12,13,14). The average Bonchev–Trinajstić information content (AvgIpc) is 2.42. The third-order valence-corrected chi connectivity index (χ3v) is 3.14. The molecule has 1 rings (SSSR count). The van der Waals surface area contributed by atoms with Gasteiger partial charge in [0.25, 0.3) is 0 Å². The van der Waals surface area contributed by atoms with E-state index in [0.717, 1.165) is 24.5 Å². The summed E-state index contributed by atoms with van der Waals surface area (Å²) < 4.78 is 10.1. The summed E-state index contributed by atoms with van der Waals surface area (Å²) in [6.07, 6.45) is 0.828. The lowest BCUT2D eigenvalue weighted by Crippen LogP contribution is -2.09. The van der Waals surface area contributed by atoms with Gasteiger partial charge in [-0.05, 0) is 12.2 Å². The predicted molar refractivity (Wildman–Crippen MR) is 72.7 cm³/mol. The Labute approximate surface area is 111 Å². The molecule has 18 heavy (non-hydrogen) atoms. The molecule has 0 unspecified atom stereocenters. The maximum atomic E-state index is 8.64. The molecular formula is C11H19N3O3S. The Morgan fingerprint density at radius 1 is 1.22 bits per heavy atom. The smallest absolute Gasteiger partial charge is 0.229 e. The van der Waals surface area contributed by atoms with Crippen LogP contribution >= 0.6 is 11.8 Å². The van der Waals surface area contributed by atoms with E-state index in [0.29, 0.717) is 17.7 Å². The van der Waals surface area contributed by atoms with Crippen molar-refractivity contribution in [1.82, 2.24) is 9.97 Å². The molecule has 0 fully saturated rings. The zero-order valence-electron chi connectivity index (χ0n) is 10.7. The molecule has 1 heterocycles. The summed E-state index contributed by atoms with van der Waals surface area (Å²) in [4.78, 5) is 8.32. The monoisotopic (exact) mass is 273 g/mol. The number of rotatable bonds is 9. The normalized spacial score (nSPS) is 10.2. The molecule has 2 N–H and O–H groups in total. The van der Waals surface area contributed by atoms with Crippen LogP contribution in [0.4, 0.5) is 5.95 Å². The number of aliphatic hydroxyl groups excluding tert-OH is 1. The van der Waals surface area contributed by atoms with Crippen LogP contribution in [0, 0.1) is 0 Å². The summed E-state index contributed by atoms with van der Waals surface area (Å²) in [7, 11) is 3.10. The van der Waals surface area contributed by atoms with E-state index >= 15 is 0 Å². The summed E-state index contributed by atoms with van der Waals surface area (Å²) in [6.45, 7) is 1.00. The van der Waals surface area contributed by atoms with Crippen molar-refractivity contribution in [2.24, 2.45) is 0 Å². The molecule has 0 aliphatic rings. The molecule has 0 aliphatic carbocycles. The second-order valence-corrected chi connectivity index (χ2v) is 4.62. The Kier molecular flexibility index (Phi) is 7.28. The van der Waals surface area contributed by atoms with Crippen LogP contribution in [0.15, 0.2) is 6.07 Å². The second kappa shape index (κ2) is 8.82. The lowest BCUT2D eigenvalue weighted by molar-refractivity contribution is 0.296. The number of hydrogen-bond acceptors (Lipinski definition) is 7. The quantitative estimate of drug-likeness (QED) is 0.650. The molecule has 0 saturated carbocycles. The van der Waals surface area contributed by atoms with Crippen LogP contribution in [0.5, 0.6) is 11.8 Å². The van der Waals surface area contributed by atoms with Crippen LogP contribution in [0.1, 0.15) is 6.42 Å². The Hall–Kier alpha value is -1.21. The number of nitrogens with one attached hydrogen (secondary N) is 1. The van der Waals surface area contributed by atoms with Gasteiger partial charge in [0.05, 0.1) is 20.3 Å². The van der Waals surface area contributed by atoms with Crippen LogP contribution in [-0.2, 0) is 0 Å². The van der Waals surface area contributed by atoms with Crippen LogP contribution in [0.2, 0.25) is 0 Å². The zero-order chi connectivity index (χ0) is 13.2. The fourth-order valence-electron chi connectivity index (χ4n) is 1.20. The van der Waals surface area contributed by atoms with Crippen molar-refractivity contribution in [2.45, 2.75) is 6.42 Å². The van der Waals surface area contributed by atoms with Crippen LogP contribution in [-0.4, -0.2) is 54.0 Å². The van der Waals surface area contributed by atoms with Crippen molar-refractivity contribution in [3.63, 3.8) is 0 Å². The Balaban J connectivity index is 2.36. The first kappa shape index (κ1) is 14.8. The number of ether oxygens (including phenoxy) is 2. The first-order chi connectivity index (χ1) is 8.80. The molecule has 0 aromatic carbocycles. The van der Waals surface area contributed by atoms with Crippen LogP contribution in [0.25, 0.3) is 0 Å². The highest BCUT2D eigenvalue weighted by Gasteiger charge is 2.04. The molecule has 6 nitrogen and oxygen atoms in total. The zero-order valence-corrected chi connectivity index (χ0v) is 11.5. The highest BCUT2D eigenvalue weighted by molar-refractivity contribution is 7.99. The molecule has 0 amide bonds. The van der Waals surface area contributed by atoms with E-state index in [4.69, 9.17) is 14.6 Å². The van der Waals surface area contributed by atoms with Gasteiger partial charge in [-0.1, -0.05) is 0 Å². The van der Waals surface area contributed by atoms with Gasteiger partial charge in [0.15, 0.2) is 0 Å². The number of methoxy groups -OCH3 is 2. The minimum Gasteiger partial charge on any atom is -0.481 e. The third kappa shape index (κ3) is 5.42. The fraction of sp³-hybridized carbons (Fsp3) is 0.636. The minimum atomic E-state index is 0.247. The van der Waals surface area contributed by atoms with Crippen molar-refractivity contribution < 1.29 is 14.6 Å². The predicted octanol–water partition coefficient (Wildman–Crippen LogP) is 1.02. The summed E-state index contributed by atoms with van der Waals surface area (Å²) >= 11 is 1.78. The number of nitrogens with zero attached hydrogens (tertiary/aromatic N) is 2. The molecule has 0 spiro atoms. The first-order valence-electron chi connectivity index (χ1n) is 5.69. The summed E-state index contributed by atoms with van der Waals surface area (Å²) in [5, 5.41) is 11.7. The number of aliphatic hydroxyl groups is 1. The van der Waals surface area contributed by atoms with E-state index in [9.17, 15) is 0 Å². The van der Waals surface area contributed by atoms with E-state index < -0.39 is 0 Å². The van der Waals surface area contributed by atoms with Gasteiger partial charge in [-0.3, -0.25) is 0 Å². The lowest BCUT2D eigenvalue weighted by Gasteiger charge is -2.08. The van der Waals surface area contributed by atoms with Gasteiger partial charge in [-0.25, -0.2) is 0 Å². The summed E-state index contributed by atoms with van der Waals surface area (Å²) in [5.41, 5.74) is 0. The minimum absolute atomic E-state index is 0.247. The van der Waals surface area contributed by atoms with E-state index in [1.165, 1.54) is 0 Å². The van der Waals surface area contributed by atoms with Gasteiger partial charge in [0.1, 0.15) is 0 Å². The third-order valence-electron chi connectivity index (χ3n) is 2.07. The molecule has 0 radical (unpaired) electrons. The second-order valence-electron chi connectivity index (χ2n) is 3.39. The Morgan fingerprint density at radius 3 is 2.44 bits per heavy atom. The molecule has 7 heteroatoms. The largest absolute Gasteiger partial charge is 0.481 e. The molecule has 0 saturated heterocycles. The SMILES string of the molecule is COc1cc(OC)nc(NCCSCCCO)n1. The highest BCUT2D eigenvalue weighted by atomic mass is 32.2. The maximum absolute atomic E-state index is 8.64. The van der Waals surface area contributed by atoms with Crippen molar-refractivity contribution in [1.29, 1.82) is 0 Å². The first-order valence-corrected chi connectivity index (χ1v) is 6.85. The number of aromatic nitrogens is 2. The lowest BCUT2D eigenvalue weighted by atomic mass is 10.5. The summed E-state index contributed by atoms with van der Waals surface area (Å²) in [5.74, 6) is 3.33. The molecular weight excluding hydrogens is 254 g/mol. The van der Waals surface area contributed by atoms with Gasteiger partial charge < -0.3 is 19.9 Å². The Bertz CT molecular complexity index is 330. The molecule has 102 valence electrons. The van der Waals surface area contributed by atoms with Gasteiger partial charge in [-0.2, -0.15) is 21.7 Å². The van der Waals surface area contributed by atoms with Gasteiger partial charge in [0, 0.05) is 18.9 Å². The van der Waals surface area contributed by atoms with Crippen molar-refractivity contribution >= 4 is 17.7 Å². The molecule has 0 bridgehead atoms. The molecule has 1 aromatic heterocycles.